The minimum Gasteiger partial charge on any atom is -0.313 e. The summed E-state index contributed by atoms with van der Waals surface area (Å²) < 4.78 is 0. The van der Waals surface area contributed by atoms with Crippen LogP contribution in [0.5, 0.6) is 0 Å². The molecule has 3 nitrogen and oxygen atoms in total. The molecule has 0 amide bonds. The van der Waals surface area contributed by atoms with Crippen molar-refractivity contribution in [3.05, 3.63) is 0 Å². The fourth-order valence-corrected chi connectivity index (χ4v) is 3.70. The van der Waals surface area contributed by atoms with Gasteiger partial charge in [-0.05, 0) is 64.6 Å². The van der Waals surface area contributed by atoms with Gasteiger partial charge in [0.2, 0.25) is 0 Å². The van der Waals surface area contributed by atoms with E-state index >= 15 is 0 Å². The van der Waals surface area contributed by atoms with E-state index in [-0.39, 0.29) is 0 Å². The van der Waals surface area contributed by atoms with E-state index in [0.29, 0.717) is 0 Å². The SMILES string of the molecule is CC(NCCN1CCCN2CCCC2C1)C1CC1. The van der Waals surface area contributed by atoms with Crippen molar-refractivity contribution in [2.45, 2.75) is 51.1 Å². The molecule has 1 aliphatic carbocycles. The van der Waals surface area contributed by atoms with Gasteiger partial charge in [-0.25, -0.2) is 0 Å². The summed E-state index contributed by atoms with van der Waals surface area (Å²) >= 11 is 0. The number of hydrogen-bond acceptors (Lipinski definition) is 3. The molecule has 104 valence electrons. The molecule has 2 atom stereocenters. The zero-order valence-electron chi connectivity index (χ0n) is 11.9. The number of nitrogens with zero attached hydrogens (tertiary/aromatic N) is 2. The average molecular weight is 251 g/mol. The lowest BCUT2D eigenvalue weighted by Gasteiger charge is -2.26. The van der Waals surface area contributed by atoms with Crippen molar-refractivity contribution >= 4 is 0 Å². The molecule has 3 heteroatoms. The molecular weight excluding hydrogens is 222 g/mol. The molecule has 0 aromatic heterocycles. The molecule has 2 unspecified atom stereocenters. The molecule has 0 aromatic carbocycles. The first kappa shape index (κ1) is 12.9. The quantitative estimate of drug-likeness (QED) is 0.800. The van der Waals surface area contributed by atoms with Crippen LogP contribution >= 0.6 is 0 Å². The molecule has 18 heavy (non-hydrogen) atoms. The molecule has 1 N–H and O–H groups in total. The van der Waals surface area contributed by atoms with Crippen molar-refractivity contribution in [1.82, 2.24) is 15.1 Å². The zero-order valence-corrected chi connectivity index (χ0v) is 11.9. The molecule has 2 saturated heterocycles. The summed E-state index contributed by atoms with van der Waals surface area (Å²) in [4.78, 5) is 5.42. The van der Waals surface area contributed by atoms with Crippen LogP contribution in [-0.2, 0) is 0 Å². The lowest BCUT2D eigenvalue weighted by molar-refractivity contribution is 0.218. The molecule has 2 aliphatic heterocycles. The van der Waals surface area contributed by atoms with Crippen LogP contribution in [0.25, 0.3) is 0 Å². The summed E-state index contributed by atoms with van der Waals surface area (Å²) in [7, 11) is 0. The second-order valence-corrected chi connectivity index (χ2v) is 6.57. The largest absolute Gasteiger partial charge is 0.313 e. The van der Waals surface area contributed by atoms with Crippen LogP contribution in [0.1, 0.15) is 39.0 Å². The predicted molar refractivity (Wildman–Crippen MR) is 75.8 cm³/mol. The van der Waals surface area contributed by atoms with Gasteiger partial charge in [-0.1, -0.05) is 0 Å². The van der Waals surface area contributed by atoms with Crippen LogP contribution in [-0.4, -0.2) is 61.2 Å². The number of hydrogen-bond donors (Lipinski definition) is 1. The second kappa shape index (κ2) is 5.89. The average Bonchev–Trinajstić information content (AvgIpc) is 3.15. The molecule has 3 fully saturated rings. The van der Waals surface area contributed by atoms with Gasteiger partial charge >= 0.3 is 0 Å². The van der Waals surface area contributed by atoms with Gasteiger partial charge < -0.3 is 10.2 Å². The molecule has 3 rings (SSSR count). The molecular formula is C15H29N3. The Bertz CT molecular complexity index is 264. The van der Waals surface area contributed by atoms with E-state index in [0.717, 1.165) is 18.0 Å². The van der Waals surface area contributed by atoms with Crippen molar-refractivity contribution in [3.63, 3.8) is 0 Å². The van der Waals surface area contributed by atoms with E-state index < -0.39 is 0 Å². The fraction of sp³-hybridized carbons (Fsp3) is 1.00. The van der Waals surface area contributed by atoms with Crippen molar-refractivity contribution in [2.75, 3.05) is 39.3 Å². The van der Waals surface area contributed by atoms with E-state index in [2.05, 4.69) is 22.0 Å². The Morgan fingerprint density at radius 2 is 1.94 bits per heavy atom. The molecule has 0 bridgehead atoms. The lowest BCUT2D eigenvalue weighted by atomic mass is 10.2. The Morgan fingerprint density at radius 1 is 1.11 bits per heavy atom. The summed E-state index contributed by atoms with van der Waals surface area (Å²) in [6.45, 7) is 10.1. The smallest absolute Gasteiger partial charge is 0.0223 e. The summed E-state index contributed by atoms with van der Waals surface area (Å²) in [5.74, 6) is 0.986. The second-order valence-electron chi connectivity index (χ2n) is 6.57. The summed E-state index contributed by atoms with van der Waals surface area (Å²) in [6.07, 6.45) is 7.14. The highest BCUT2D eigenvalue weighted by Crippen LogP contribution is 2.32. The van der Waals surface area contributed by atoms with E-state index in [1.54, 1.807) is 0 Å². The number of fused-ring (bicyclic) bond motifs is 1. The Balaban J connectivity index is 1.38. The highest BCUT2D eigenvalue weighted by atomic mass is 15.3. The van der Waals surface area contributed by atoms with Crippen molar-refractivity contribution in [2.24, 2.45) is 5.92 Å². The van der Waals surface area contributed by atoms with Crippen LogP contribution < -0.4 is 5.32 Å². The fourth-order valence-electron chi connectivity index (χ4n) is 3.70. The van der Waals surface area contributed by atoms with Crippen LogP contribution in [0.3, 0.4) is 0 Å². The first-order chi connectivity index (χ1) is 8.83. The van der Waals surface area contributed by atoms with E-state index in [4.69, 9.17) is 0 Å². The Kier molecular flexibility index (Phi) is 4.22. The Hall–Kier alpha value is -0.120. The Morgan fingerprint density at radius 3 is 2.78 bits per heavy atom. The molecule has 1 saturated carbocycles. The van der Waals surface area contributed by atoms with Crippen LogP contribution in [0, 0.1) is 5.92 Å². The van der Waals surface area contributed by atoms with Crippen LogP contribution in [0.2, 0.25) is 0 Å². The third-order valence-corrected chi connectivity index (χ3v) is 5.11. The third-order valence-electron chi connectivity index (χ3n) is 5.11. The lowest BCUT2D eigenvalue weighted by Crippen LogP contribution is -2.41. The van der Waals surface area contributed by atoms with Crippen LogP contribution in [0.15, 0.2) is 0 Å². The highest BCUT2D eigenvalue weighted by Gasteiger charge is 2.29. The maximum Gasteiger partial charge on any atom is 0.0223 e. The standard InChI is InChI=1S/C15H29N3/c1-13(14-5-6-14)16-7-11-17-8-3-10-18-9-2-4-15(18)12-17/h13-16H,2-12H2,1H3. The van der Waals surface area contributed by atoms with Gasteiger partial charge in [0.1, 0.15) is 0 Å². The van der Waals surface area contributed by atoms with Gasteiger partial charge in [0.05, 0.1) is 0 Å². The normalized spacial score (nSPS) is 32.2. The van der Waals surface area contributed by atoms with Crippen LogP contribution in [0.4, 0.5) is 0 Å². The van der Waals surface area contributed by atoms with Crippen molar-refractivity contribution in [1.29, 1.82) is 0 Å². The third kappa shape index (κ3) is 3.25. The maximum atomic E-state index is 3.72. The first-order valence-electron chi connectivity index (χ1n) is 8.03. The summed E-state index contributed by atoms with van der Waals surface area (Å²) in [6, 6.07) is 1.62. The van der Waals surface area contributed by atoms with Gasteiger partial charge in [0.25, 0.3) is 0 Å². The minimum absolute atomic E-state index is 0.750. The van der Waals surface area contributed by atoms with Gasteiger partial charge in [0.15, 0.2) is 0 Å². The molecule has 0 spiro atoms. The highest BCUT2D eigenvalue weighted by molar-refractivity contribution is 4.86. The number of nitrogens with one attached hydrogen (secondary N) is 1. The monoisotopic (exact) mass is 251 g/mol. The van der Waals surface area contributed by atoms with Gasteiger partial charge in [0, 0.05) is 31.7 Å². The maximum absolute atomic E-state index is 3.72. The van der Waals surface area contributed by atoms with E-state index in [9.17, 15) is 0 Å². The topological polar surface area (TPSA) is 18.5 Å². The van der Waals surface area contributed by atoms with Gasteiger partial charge in [-0.15, -0.1) is 0 Å². The predicted octanol–water partition coefficient (Wildman–Crippen LogP) is 1.54. The Labute approximate surface area is 112 Å². The van der Waals surface area contributed by atoms with Gasteiger partial charge in [-0.3, -0.25) is 4.90 Å². The van der Waals surface area contributed by atoms with Crippen molar-refractivity contribution < 1.29 is 0 Å². The van der Waals surface area contributed by atoms with Gasteiger partial charge in [-0.2, -0.15) is 0 Å². The molecule has 3 aliphatic rings. The molecule has 2 heterocycles. The molecule has 0 radical (unpaired) electrons. The summed E-state index contributed by atoms with van der Waals surface area (Å²) in [5, 5.41) is 3.72. The zero-order chi connectivity index (χ0) is 12.4. The van der Waals surface area contributed by atoms with E-state index in [1.807, 2.05) is 0 Å². The van der Waals surface area contributed by atoms with E-state index in [1.165, 1.54) is 71.4 Å². The minimum atomic E-state index is 0.750. The number of rotatable bonds is 5. The van der Waals surface area contributed by atoms with Crippen molar-refractivity contribution in [3.8, 4) is 0 Å². The summed E-state index contributed by atoms with van der Waals surface area (Å²) in [5.41, 5.74) is 0. The molecule has 0 aromatic rings. The first-order valence-corrected chi connectivity index (χ1v) is 8.03.